The lowest BCUT2D eigenvalue weighted by molar-refractivity contribution is -0.362. The van der Waals surface area contributed by atoms with Gasteiger partial charge in [0.15, 0.2) is 5.78 Å². The number of nitrogens with zero attached hydrogens (tertiary/aromatic N) is 1. The van der Waals surface area contributed by atoms with E-state index in [1.165, 1.54) is 31.2 Å². The molecule has 46 heavy (non-hydrogen) atoms. The molecule has 2 aromatic carbocycles. The SMILES string of the molecule is Cc1ccc(S(=O)(=O)N=[S-](=O)c2ccc([C@H]3C[C@@]4(C)C(CC[C@@]4(O)C(F)(F)C(F)(F)F)C4CCC5=CC(=O)CCC5=C43)cc2)cc1. The van der Waals surface area contributed by atoms with E-state index in [9.17, 15) is 35.7 Å². The van der Waals surface area contributed by atoms with E-state index in [4.69, 9.17) is 0 Å². The van der Waals surface area contributed by atoms with Crippen molar-refractivity contribution in [3.05, 3.63) is 82.5 Å². The van der Waals surface area contributed by atoms with Crippen LogP contribution in [0.3, 0.4) is 0 Å². The maximum absolute atomic E-state index is 15.2. The lowest BCUT2D eigenvalue weighted by Gasteiger charge is -2.56. The molecule has 5 atom stereocenters. The Morgan fingerprint density at radius 3 is 2.24 bits per heavy atom. The van der Waals surface area contributed by atoms with Crippen LogP contribution in [-0.4, -0.2) is 37.0 Å². The Hall–Kier alpha value is -2.90. The number of allylic oxidation sites excluding steroid dienone is 4. The Morgan fingerprint density at radius 1 is 0.957 bits per heavy atom. The van der Waals surface area contributed by atoms with Gasteiger partial charge in [-0.25, -0.2) is 8.42 Å². The molecule has 0 aromatic heterocycles. The van der Waals surface area contributed by atoms with Crippen molar-refractivity contribution in [2.75, 3.05) is 0 Å². The van der Waals surface area contributed by atoms with Gasteiger partial charge >= 0.3 is 12.1 Å². The highest BCUT2D eigenvalue weighted by Crippen LogP contribution is 2.70. The van der Waals surface area contributed by atoms with Crippen molar-refractivity contribution < 1.29 is 44.5 Å². The molecule has 0 amide bonds. The summed E-state index contributed by atoms with van der Waals surface area (Å²) in [7, 11) is -6.58. The number of aliphatic hydroxyl groups is 1. The van der Waals surface area contributed by atoms with Crippen molar-refractivity contribution in [2.45, 2.75) is 92.2 Å². The first-order valence-corrected chi connectivity index (χ1v) is 17.6. The number of ketones is 1. The van der Waals surface area contributed by atoms with E-state index in [-0.39, 0.29) is 40.8 Å². The van der Waals surface area contributed by atoms with Crippen LogP contribution >= 0.6 is 0 Å². The van der Waals surface area contributed by atoms with Crippen LogP contribution in [0.5, 0.6) is 0 Å². The quantitative estimate of drug-likeness (QED) is 0.257. The fourth-order valence-corrected chi connectivity index (χ4v) is 10.7. The van der Waals surface area contributed by atoms with Crippen LogP contribution in [0.25, 0.3) is 0 Å². The van der Waals surface area contributed by atoms with Crippen molar-refractivity contribution in [2.24, 2.45) is 21.0 Å². The fraction of sp³-hybridized carbons (Fsp3) is 0.485. The number of halogens is 5. The summed E-state index contributed by atoms with van der Waals surface area (Å²) in [5.74, 6) is -7.07. The Labute approximate surface area is 266 Å². The van der Waals surface area contributed by atoms with Gasteiger partial charge in [0, 0.05) is 17.8 Å². The van der Waals surface area contributed by atoms with Gasteiger partial charge in [-0.2, -0.15) is 22.0 Å². The summed E-state index contributed by atoms with van der Waals surface area (Å²) in [6.45, 7) is 3.12. The average Bonchev–Trinajstić information content (AvgIpc) is 3.27. The molecule has 0 bridgehead atoms. The highest BCUT2D eigenvalue weighted by molar-refractivity contribution is 7.96. The standard InChI is InChI=1S/C33H33F5NO5S2/c1-19-3-11-24(12-4-19)46(43,44)39-45(42)23-9-5-20(6-10-23)27-18-30(2)28(15-16-31(30,41)32(34,35)33(36,37)38)26-13-7-21-17-22(40)8-14-25(21)29(26)27/h3-6,9-12,17,26-28,41H,7-8,13-16,18H2,1-2H3/q-1/t26?,27-,28?,30+,31+/m1/s1. The number of hydrogen-bond donors (Lipinski definition) is 1. The lowest BCUT2D eigenvalue weighted by atomic mass is 9.50. The van der Waals surface area contributed by atoms with E-state index < -0.39 is 62.0 Å². The largest absolute Gasteiger partial charge is 0.456 e. The topological polar surface area (TPSA) is 101 Å². The maximum atomic E-state index is 15.2. The number of rotatable bonds is 5. The minimum atomic E-state index is -5.95. The summed E-state index contributed by atoms with van der Waals surface area (Å²) in [6.07, 6.45) is -3.65. The number of carbonyl (C=O) groups is 1. The second kappa shape index (κ2) is 11.1. The highest BCUT2D eigenvalue weighted by Gasteiger charge is 2.79. The van der Waals surface area contributed by atoms with Crippen LogP contribution < -0.4 is 0 Å². The third kappa shape index (κ3) is 5.08. The molecule has 6 nitrogen and oxygen atoms in total. The van der Waals surface area contributed by atoms with Gasteiger partial charge in [0.25, 0.3) is 10.0 Å². The van der Waals surface area contributed by atoms with Gasteiger partial charge in [0.1, 0.15) is 5.60 Å². The summed E-state index contributed by atoms with van der Waals surface area (Å²) in [4.78, 5) is 12.2. The number of benzene rings is 2. The lowest BCUT2D eigenvalue weighted by Crippen LogP contribution is -2.65. The van der Waals surface area contributed by atoms with Gasteiger partial charge in [-0.1, -0.05) is 59.4 Å². The maximum Gasteiger partial charge on any atom is 0.456 e. The third-order valence-corrected chi connectivity index (χ3v) is 13.6. The summed E-state index contributed by atoms with van der Waals surface area (Å²) in [5.41, 5.74) is -1.10. The van der Waals surface area contributed by atoms with Crippen LogP contribution in [0.1, 0.15) is 68.9 Å². The van der Waals surface area contributed by atoms with Crippen molar-refractivity contribution in [3.63, 3.8) is 0 Å². The zero-order valence-corrected chi connectivity index (χ0v) is 26.7. The van der Waals surface area contributed by atoms with Crippen LogP contribution in [0.2, 0.25) is 0 Å². The van der Waals surface area contributed by atoms with E-state index in [2.05, 4.69) is 3.77 Å². The molecule has 2 saturated carbocycles. The molecule has 0 spiro atoms. The molecule has 1 N–H and O–H groups in total. The van der Waals surface area contributed by atoms with Crippen molar-refractivity contribution in [1.82, 2.24) is 0 Å². The number of sulfonamides is 1. The molecule has 0 aliphatic heterocycles. The van der Waals surface area contributed by atoms with Gasteiger partial charge in [0.2, 0.25) is 0 Å². The highest BCUT2D eigenvalue weighted by atomic mass is 32.3. The molecule has 0 saturated heterocycles. The molecule has 6 rings (SSSR count). The van der Waals surface area contributed by atoms with Crippen LogP contribution in [0, 0.1) is 24.2 Å². The summed E-state index contributed by atoms with van der Waals surface area (Å²) < 4.78 is 114. The third-order valence-electron chi connectivity index (χ3n) is 10.7. The Balaban J connectivity index is 1.43. The van der Waals surface area contributed by atoms with Crippen molar-refractivity contribution >= 4 is 26.4 Å². The number of hydrogen-bond acceptors (Lipinski definition) is 6. The van der Waals surface area contributed by atoms with Crippen LogP contribution in [0.4, 0.5) is 22.0 Å². The Morgan fingerprint density at radius 2 is 1.61 bits per heavy atom. The van der Waals surface area contributed by atoms with Gasteiger partial charge in [-0.05, 0) is 92.2 Å². The normalized spacial score (nSPS) is 30.8. The Bertz CT molecular complexity index is 1840. The molecule has 4 aliphatic carbocycles. The van der Waals surface area contributed by atoms with E-state index >= 15 is 8.78 Å². The van der Waals surface area contributed by atoms with E-state index in [0.717, 1.165) is 22.3 Å². The summed E-state index contributed by atoms with van der Waals surface area (Å²) >= 11 is 0. The van der Waals surface area contributed by atoms with Crippen molar-refractivity contribution in [1.29, 1.82) is 0 Å². The zero-order chi connectivity index (χ0) is 33.4. The molecule has 0 heterocycles. The smallest absolute Gasteiger partial charge is 0.439 e. The van der Waals surface area contributed by atoms with E-state index in [0.29, 0.717) is 24.8 Å². The minimum Gasteiger partial charge on any atom is -0.439 e. The number of fused-ring (bicyclic) bond motifs is 4. The average molecular weight is 683 g/mol. The monoisotopic (exact) mass is 682 g/mol. The summed E-state index contributed by atoms with van der Waals surface area (Å²) in [6, 6.07) is 11.8. The molecule has 0 radical (unpaired) electrons. The molecule has 4 aliphatic rings. The van der Waals surface area contributed by atoms with Gasteiger partial charge in [0.05, 0.1) is 4.90 Å². The molecular weight excluding hydrogens is 649 g/mol. The predicted molar refractivity (Wildman–Crippen MR) is 160 cm³/mol. The van der Waals surface area contributed by atoms with Gasteiger partial charge in [-0.3, -0.25) is 8.56 Å². The predicted octanol–water partition coefficient (Wildman–Crippen LogP) is 7.72. The van der Waals surface area contributed by atoms with Crippen LogP contribution in [0.15, 0.2) is 84.9 Å². The molecule has 2 aromatic rings. The first-order chi connectivity index (χ1) is 21.4. The van der Waals surface area contributed by atoms with Gasteiger partial charge in [-0.15, -0.1) is 10.6 Å². The number of carbonyl (C=O) groups excluding carboxylic acids is 1. The first kappa shape index (κ1) is 33.0. The van der Waals surface area contributed by atoms with Gasteiger partial charge < -0.3 is 9.32 Å². The minimum absolute atomic E-state index is 0.000302. The molecule has 2 fully saturated rings. The number of alkyl halides is 5. The zero-order valence-electron chi connectivity index (χ0n) is 25.1. The molecule has 13 heteroatoms. The molecule has 2 unspecified atom stereocenters. The fourth-order valence-electron chi connectivity index (χ4n) is 8.42. The second-order valence-corrected chi connectivity index (χ2v) is 16.1. The van der Waals surface area contributed by atoms with E-state index in [1.54, 1.807) is 37.3 Å². The molecular formula is C33H33F5NO5S2-. The second-order valence-electron chi connectivity index (χ2n) is 13.1. The van der Waals surface area contributed by atoms with Crippen LogP contribution in [-0.2, 0) is 29.6 Å². The molecule has 248 valence electrons. The number of aryl methyl sites for hydroxylation is 1. The summed E-state index contributed by atoms with van der Waals surface area (Å²) in [5, 5.41) is 11.4. The van der Waals surface area contributed by atoms with Crippen molar-refractivity contribution in [3.8, 4) is 0 Å². The Kier molecular flexibility index (Phi) is 7.96. The van der Waals surface area contributed by atoms with E-state index in [1.807, 2.05) is 0 Å². The first-order valence-electron chi connectivity index (χ1n) is 15.1.